The molecule has 1 aromatic heterocycles. The Labute approximate surface area is 158 Å². The Morgan fingerprint density at radius 2 is 2.20 bits per heavy atom. The Morgan fingerprint density at radius 3 is 2.80 bits per heavy atom. The second kappa shape index (κ2) is 8.67. The van der Waals surface area contributed by atoms with Gasteiger partial charge in [-0.05, 0) is 50.2 Å². The molecule has 0 aliphatic carbocycles. The van der Waals surface area contributed by atoms with E-state index in [9.17, 15) is 4.79 Å². The molecule has 2 heterocycles. The number of rotatable bonds is 5. The molecule has 0 unspecified atom stereocenters. The van der Waals surface area contributed by atoms with Crippen LogP contribution in [0.15, 0.2) is 36.7 Å². The zero-order chi connectivity index (χ0) is 17.0. The van der Waals surface area contributed by atoms with Gasteiger partial charge in [0.25, 0.3) is 0 Å². The van der Waals surface area contributed by atoms with Crippen molar-refractivity contribution >= 4 is 35.6 Å². The molecule has 0 spiro atoms. The summed E-state index contributed by atoms with van der Waals surface area (Å²) in [6.07, 6.45) is 5.03. The number of hydrogen-bond donors (Lipinski definition) is 2. The predicted octanol–water partition coefficient (Wildman–Crippen LogP) is 2.90. The highest BCUT2D eigenvalue weighted by Gasteiger charge is 2.39. The average molecular weight is 385 g/mol. The topological polar surface area (TPSA) is 68.2 Å². The van der Waals surface area contributed by atoms with Crippen molar-refractivity contribution in [3.8, 4) is 5.69 Å². The van der Waals surface area contributed by atoms with E-state index in [0.29, 0.717) is 17.3 Å². The van der Waals surface area contributed by atoms with Crippen LogP contribution < -0.4 is 10.6 Å². The summed E-state index contributed by atoms with van der Waals surface area (Å²) in [6.45, 7) is 2.05. The summed E-state index contributed by atoms with van der Waals surface area (Å²) in [5, 5.41) is 11.0. The number of nitrogens with zero attached hydrogens (tertiary/aromatic N) is 2. The second-order valence-corrected chi connectivity index (χ2v) is 6.44. The first kappa shape index (κ1) is 19.7. The average Bonchev–Trinajstić information content (AvgIpc) is 3.10. The maximum atomic E-state index is 12.8. The van der Waals surface area contributed by atoms with Crippen LogP contribution in [0.5, 0.6) is 0 Å². The van der Waals surface area contributed by atoms with Gasteiger partial charge in [-0.2, -0.15) is 5.10 Å². The minimum absolute atomic E-state index is 0. The van der Waals surface area contributed by atoms with Gasteiger partial charge < -0.3 is 15.4 Å². The lowest BCUT2D eigenvalue weighted by Crippen LogP contribution is -2.47. The van der Waals surface area contributed by atoms with E-state index in [4.69, 9.17) is 16.3 Å². The molecule has 1 aliphatic heterocycles. The number of piperidine rings is 1. The maximum absolute atomic E-state index is 12.8. The molecule has 1 fully saturated rings. The molecule has 136 valence electrons. The summed E-state index contributed by atoms with van der Waals surface area (Å²) in [4.78, 5) is 12.8. The van der Waals surface area contributed by atoms with Crippen molar-refractivity contribution < 1.29 is 9.53 Å². The zero-order valence-electron chi connectivity index (χ0n) is 14.0. The summed E-state index contributed by atoms with van der Waals surface area (Å²) in [7, 11) is 1.63. The van der Waals surface area contributed by atoms with E-state index in [2.05, 4.69) is 15.7 Å². The van der Waals surface area contributed by atoms with E-state index in [1.165, 1.54) is 0 Å². The van der Waals surface area contributed by atoms with Crippen LogP contribution in [0, 0.1) is 5.41 Å². The first-order valence-electron chi connectivity index (χ1n) is 7.95. The minimum atomic E-state index is -0.493. The summed E-state index contributed by atoms with van der Waals surface area (Å²) in [5.74, 6) is -0.0197. The van der Waals surface area contributed by atoms with Crippen LogP contribution in [0.3, 0.4) is 0 Å². The first-order chi connectivity index (χ1) is 11.6. The van der Waals surface area contributed by atoms with Gasteiger partial charge in [0.1, 0.15) is 0 Å². The van der Waals surface area contributed by atoms with Crippen LogP contribution in [-0.2, 0) is 9.53 Å². The third kappa shape index (κ3) is 4.33. The van der Waals surface area contributed by atoms with Gasteiger partial charge in [-0.3, -0.25) is 4.79 Å². The van der Waals surface area contributed by atoms with Crippen LogP contribution in [0.25, 0.3) is 5.69 Å². The Kier molecular flexibility index (Phi) is 6.84. The third-order valence-electron chi connectivity index (χ3n) is 4.42. The van der Waals surface area contributed by atoms with Gasteiger partial charge in [0.05, 0.1) is 22.7 Å². The molecule has 1 aliphatic rings. The highest BCUT2D eigenvalue weighted by atomic mass is 35.5. The molecule has 1 saturated heterocycles. The molecule has 0 bridgehead atoms. The van der Waals surface area contributed by atoms with E-state index < -0.39 is 5.41 Å². The monoisotopic (exact) mass is 384 g/mol. The number of benzene rings is 1. The van der Waals surface area contributed by atoms with Crippen molar-refractivity contribution in [3.05, 3.63) is 41.7 Å². The van der Waals surface area contributed by atoms with Crippen LogP contribution in [0.4, 0.5) is 5.69 Å². The number of carbonyl (C=O) groups excluding carboxylic acids is 1. The molecule has 1 amide bonds. The third-order valence-corrected chi connectivity index (χ3v) is 4.72. The van der Waals surface area contributed by atoms with Gasteiger partial charge >= 0.3 is 0 Å². The fraction of sp³-hybridized carbons (Fsp3) is 0.412. The van der Waals surface area contributed by atoms with Gasteiger partial charge in [0.2, 0.25) is 5.91 Å². The second-order valence-electron chi connectivity index (χ2n) is 6.03. The molecular weight excluding hydrogens is 363 g/mol. The van der Waals surface area contributed by atoms with Crippen molar-refractivity contribution in [1.82, 2.24) is 15.1 Å². The fourth-order valence-electron chi connectivity index (χ4n) is 3.06. The molecule has 0 atom stereocenters. The molecule has 8 heteroatoms. The number of aromatic nitrogens is 2. The Bertz CT molecular complexity index is 695. The number of anilines is 1. The largest absolute Gasteiger partial charge is 0.384 e. The van der Waals surface area contributed by atoms with Crippen molar-refractivity contribution in [2.24, 2.45) is 5.41 Å². The molecule has 6 nitrogen and oxygen atoms in total. The quantitative estimate of drug-likeness (QED) is 0.831. The Hall–Kier alpha value is -1.60. The van der Waals surface area contributed by atoms with Crippen LogP contribution >= 0.6 is 24.0 Å². The SMILES string of the molecule is COCC1(C(=O)Nc2ccc(-n3cccn3)c(Cl)c2)CCNCC1.Cl. The number of hydrogen-bond acceptors (Lipinski definition) is 4. The minimum Gasteiger partial charge on any atom is -0.384 e. The lowest BCUT2D eigenvalue weighted by molar-refractivity contribution is -0.130. The number of amides is 1. The standard InChI is InChI=1S/C17H21ClN4O2.ClH/c1-24-12-17(5-8-19-9-6-17)16(23)21-13-3-4-15(14(18)11-13)22-10-2-7-20-22;/h2-4,7,10-11,19H,5-6,8-9,12H2,1H3,(H,21,23);1H. The highest BCUT2D eigenvalue weighted by molar-refractivity contribution is 6.32. The zero-order valence-corrected chi connectivity index (χ0v) is 15.6. The van der Waals surface area contributed by atoms with Crippen LogP contribution in [0.2, 0.25) is 5.02 Å². The normalized spacial score (nSPS) is 16.1. The van der Waals surface area contributed by atoms with E-state index in [1.54, 1.807) is 24.1 Å². The fourth-order valence-corrected chi connectivity index (χ4v) is 3.33. The Balaban J connectivity index is 0.00000225. The Morgan fingerprint density at radius 1 is 1.44 bits per heavy atom. The van der Waals surface area contributed by atoms with E-state index in [1.807, 2.05) is 24.4 Å². The molecule has 0 radical (unpaired) electrons. The molecular formula is C17H22Cl2N4O2. The molecule has 1 aromatic carbocycles. The lowest BCUT2D eigenvalue weighted by atomic mass is 9.78. The summed E-state index contributed by atoms with van der Waals surface area (Å²) >= 11 is 6.34. The molecule has 3 rings (SSSR count). The number of methoxy groups -OCH3 is 1. The van der Waals surface area contributed by atoms with E-state index in [-0.39, 0.29) is 18.3 Å². The van der Waals surface area contributed by atoms with E-state index in [0.717, 1.165) is 31.6 Å². The maximum Gasteiger partial charge on any atom is 0.233 e. The van der Waals surface area contributed by atoms with Gasteiger partial charge in [-0.15, -0.1) is 12.4 Å². The number of halogens is 2. The van der Waals surface area contributed by atoms with Crippen LogP contribution in [0.1, 0.15) is 12.8 Å². The summed E-state index contributed by atoms with van der Waals surface area (Å²) < 4.78 is 7.00. The predicted molar refractivity (Wildman–Crippen MR) is 101 cm³/mol. The van der Waals surface area contributed by atoms with Crippen molar-refractivity contribution in [2.45, 2.75) is 12.8 Å². The molecule has 2 aromatic rings. The van der Waals surface area contributed by atoms with Crippen molar-refractivity contribution in [3.63, 3.8) is 0 Å². The van der Waals surface area contributed by atoms with Crippen LogP contribution in [-0.4, -0.2) is 42.5 Å². The molecule has 25 heavy (non-hydrogen) atoms. The van der Waals surface area contributed by atoms with Gasteiger partial charge in [0.15, 0.2) is 0 Å². The first-order valence-corrected chi connectivity index (χ1v) is 8.33. The lowest BCUT2D eigenvalue weighted by Gasteiger charge is -2.35. The summed E-state index contributed by atoms with van der Waals surface area (Å²) in [6, 6.07) is 7.26. The van der Waals surface area contributed by atoms with E-state index >= 15 is 0 Å². The number of carbonyl (C=O) groups is 1. The highest BCUT2D eigenvalue weighted by Crippen LogP contribution is 2.32. The number of ether oxygens (including phenoxy) is 1. The smallest absolute Gasteiger partial charge is 0.233 e. The van der Waals surface area contributed by atoms with Gasteiger partial charge in [-0.25, -0.2) is 4.68 Å². The number of nitrogens with one attached hydrogen (secondary N) is 2. The van der Waals surface area contributed by atoms with Crippen molar-refractivity contribution in [2.75, 3.05) is 32.1 Å². The summed E-state index contributed by atoms with van der Waals surface area (Å²) in [5.41, 5.74) is 0.954. The van der Waals surface area contributed by atoms with Gasteiger partial charge in [-0.1, -0.05) is 11.6 Å². The van der Waals surface area contributed by atoms with Crippen molar-refractivity contribution in [1.29, 1.82) is 0 Å². The van der Waals surface area contributed by atoms with Gasteiger partial charge in [0, 0.05) is 25.2 Å². The molecule has 2 N–H and O–H groups in total. The molecule has 0 saturated carbocycles.